The average molecular weight is 288 g/mol. The molecule has 1 aromatic carbocycles. The van der Waals surface area contributed by atoms with E-state index in [1.165, 1.54) is 18.2 Å². The highest BCUT2D eigenvalue weighted by Gasteiger charge is 2.14. The number of anilines is 1. The van der Waals surface area contributed by atoms with E-state index in [-0.39, 0.29) is 29.8 Å². The third-order valence-electron chi connectivity index (χ3n) is 2.32. The first-order valence-corrected chi connectivity index (χ1v) is 5.85. The van der Waals surface area contributed by atoms with Gasteiger partial charge in [-0.05, 0) is 19.2 Å². The first kappa shape index (κ1) is 15.4. The molecule has 0 aliphatic heterocycles. The van der Waals surface area contributed by atoms with Crippen molar-refractivity contribution in [2.24, 2.45) is 0 Å². The summed E-state index contributed by atoms with van der Waals surface area (Å²) in [5, 5.41) is 21.9. The first-order valence-electron chi connectivity index (χ1n) is 5.47. The van der Waals surface area contributed by atoms with Crippen LogP contribution in [-0.2, 0) is 4.79 Å². The van der Waals surface area contributed by atoms with Gasteiger partial charge < -0.3 is 10.4 Å². The second kappa shape index (κ2) is 7.03. The molecule has 0 aliphatic carbocycles. The Kier molecular flexibility index (Phi) is 5.68. The van der Waals surface area contributed by atoms with Gasteiger partial charge in [0.15, 0.2) is 0 Å². The Hall–Kier alpha value is -1.70. The number of likely N-dealkylation sites (N-methyl/N-ethyl adjacent to an activating group) is 1. The van der Waals surface area contributed by atoms with Gasteiger partial charge in [-0.15, -0.1) is 0 Å². The van der Waals surface area contributed by atoms with Gasteiger partial charge in [0, 0.05) is 18.3 Å². The lowest BCUT2D eigenvalue weighted by Gasteiger charge is -2.14. The van der Waals surface area contributed by atoms with E-state index in [1.807, 2.05) is 0 Å². The SMILES string of the molecule is CN(CCO)CC(=O)Nc1ccc(Cl)c([N+](=O)[O-])c1. The van der Waals surface area contributed by atoms with E-state index in [2.05, 4.69) is 5.32 Å². The molecule has 0 unspecified atom stereocenters. The minimum absolute atomic E-state index is 0.0143. The second-order valence-corrected chi connectivity index (χ2v) is 4.34. The summed E-state index contributed by atoms with van der Waals surface area (Å²) >= 11 is 5.66. The number of hydrogen-bond donors (Lipinski definition) is 2. The van der Waals surface area contributed by atoms with Crippen LogP contribution in [0, 0.1) is 10.1 Å². The summed E-state index contributed by atoms with van der Waals surface area (Å²) in [4.78, 5) is 23.3. The molecular formula is C11H14ClN3O4. The molecule has 0 fully saturated rings. The van der Waals surface area contributed by atoms with Gasteiger partial charge in [-0.2, -0.15) is 0 Å². The molecular weight excluding hydrogens is 274 g/mol. The zero-order valence-electron chi connectivity index (χ0n) is 10.3. The standard InChI is InChI=1S/C11H14ClN3O4/c1-14(4-5-16)7-11(17)13-8-2-3-9(12)10(6-8)15(18)19/h2-3,6,16H,4-5,7H2,1H3,(H,13,17). The number of halogens is 1. The molecule has 0 aromatic heterocycles. The van der Waals surface area contributed by atoms with Gasteiger partial charge in [0.2, 0.25) is 5.91 Å². The Morgan fingerprint density at radius 1 is 1.58 bits per heavy atom. The molecule has 19 heavy (non-hydrogen) atoms. The monoisotopic (exact) mass is 287 g/mol. The number of nitrogens with zero attached hydrogens (tertiary/aromatic N) is 2. The van der Waals surface area contributed by atoms with Gasteiger partial charge in [-0.3, -0.25) is 19.8 Å². The van der Waals surface area contributed by atoms with Crippen molar-refractivity contribution in [1.82, 2.24) is 4.90 Å². The third kappa shape index (κ3) is 4.82. The Bertz CT molecular complexity index is 481. The number of carbonyl (C=O) groups excluding carboxylic acids is 1. The molecule has 1 rings (SSSR count). The molecule has 0 heterocycles. The maximum atomic E-state index is 11.6. The lowest BCUT2D eigenvalue weighted by molar-refractivity contribution is -0.384. The topological polar surface area (TPSA) is 95.7 Å². The normalized spacial score (nSPS) is 10.5. The van der Waals surface area contributed by atoms with E-state index < -0.39 is 4.92 Å². The summed E-state index contributed by atoms with van der Waals surface area (Å²) in [5.74, 6) is -0.326. The summed E-state index contributed by atoms with van der Waals surface area (Å²) < 4.78 is 0. The van der Waals surface area contributed by atoms with Gasteiger partial charge in [-0.1, -0.05) is 11.6 Å². The Morgan fingerprint density at radius 3 is 2.84 bits per heavy atom. The summed E-state index contributed by atoms with van der Waals surface area (Å²) in [6.07, 6.45) is 0. The van der Waals surface area contributed by atoms with E-state index in [4.69, 9.17) is 16.7 Å². The molecule has 0 bridgehead atoms. The number of nitro benzene ring substituents is 1. The van der Waals surface area contributed by atoms with Crippen LogP contribution in [-0.4, -0.2) is 47.6 Å². The minimum Gasteiger partial charge on any atom is -0.395 e. The highest BCUT2D eigenvalue weighted by molar-refractivity contribution is 6.32. The van der Waals surface area contributed by atoms with Gasteiger partial charge in [0.05, 0.1) is 18.1 Å². The number of carbonyl (C=O) groups is 1. The zero-order valence-corrected chi connectivity index (χ0v) is 11.1. The quantitative estimate of drug-likeness (QED) is 0.603. The van der Waals surface area contributed by atoms with Crippen LogP contribution in [0.15, 0.2) is 18.2 Å². The molecule has 0 aliphatic rings. The molecule has 0 saturated carbocycles. The lowest BCUT2D eigenvalue weighted by Crippen LogP contribution is -2.32. The van der Waals surface area contributed by atoms with E-state index in [0.29, 0.717) is 12.2 Å². The van der Waals surface area contributed by atoms with E-state index in [0.717, 1.165) is 0 Å². The third-order valence-corrected chi connectivity index (χ3v) is 2.64. The predicted molar refractivity (Wildman–Crippen MR) is 71.3 cm³/mol. The van der Waals surface area contributed by atoms with Crippen molar-refractivity contribution < 1.29 is 14.8 Å². The maximum absolute atomic E-state index is 11.6. The second-order valence-electron chi connectivity index (χ2n) is 3.93. The fraction of sp³-hybridized carbons (Fsp3) is 0.364. The largest absolute Gasteiger partial charge is 0.395 e. The number of nitro groups is 1. The van der Waals surface area contributed by atoms with Crippen molar-refractivity contribution in [3.05, 3.63) is 33.3 Å². The Labute approximate surface area is 114 Å². The van der Waals surface area contributed by atoms with E-state index in [1.54, 1.807) is 11.9 Å². The van der Waals surface area contributed by atoms with Crippen molar-refractivity contribution in [1.29, 1.82) is 0 Å². The number of nitrogens with one attached hydrogen (secondary N) is 1. The fourth-order valence-corrected chi connectivity index (χ4v) is 1.61. The van der Waals surface area contributed by atoms with Gasteiger partial charge in [-0.25, -0.2) is 0 Å². The van der Waals surface area contributed by atoms with Crippen LogP contribution >= 0.6 is 11.6 Å². The van der Waals surface area contributed by atoms with Crippen LogP contribution in [0.3, 0.4) is 0 Å². The zero-order chi connectivity index (χ0) is 14.4. The number of benzene rings is 1. The van der Waals surface area contributed by atoms with Gasteiger partial charge >= 0.3 is 0 Å². The molecule has 8 heteroatoms. The molecule has 0 saturated heterocycles. The van der Waals surface area contributed by atoms with E-state index >= 15 is 0 Å². The summed E-state index contributed by atoms with van der Waals surface area (Å²) in [5.41, 5.74) is 0.0432. The molecule has 0 radical (unpaired) electrons. The Morgan fingerprint density at radius 2 is 2.26 bits per heavy atom. The van der Waals surface area contributed by atoms with Gasteiger partial charge in [0.1, 0.15) is 5.02 Å². The lowest BCUT2D eigenvalue weighted by atomic mass is 10.2. The van der Waals surface area contributed by atoms with Crippen molar-refractivity contribution in [2.45, 2.75) is 0 Å². The smallest absolute Gasteiger partial charge is 0.289 e. The fourth-order valence-electron chi connectivity index (χ4n) is 1.43. The molecule has 1 amide bonds. The first-order chi connectivity index (χ1) is 8.93. The van der Waals surface area contributed by atoms with Gasteiger partial charge in [0.25, 0.3) is 5.69 Å². The van der Waals surface area contributed by atoms with Crippen LogP contribution in [0.25, 0.3) is 0 Å². The highest BCUT2D eigenvalue weighted by Crippen LogP contribution is 2.27. The molecule has 0 spiro atoms. The molecule has 1 aromatic rings. The van der Waals surface area contributed by atoms with Crippen molar-refractivity contribution in [2.75, 3.05) is 32.1 Å². The van der Waals surface area contributed by atoms with Crippen LogP contribution < -0.4 is 5.32 Å². The van der Waals surface area contributed by atoms with Crippen LogP contribution in [0.4, 0.5) is 11.4 Å². The van der Waals surface area contributed by atoms with Crippen molar-refractivity contribution in [3.8, 4) is 0 Å². The van der Waals surface area contributed by atoms with Crippen LogP contribution in [0.5, 0.6) is 0 Å². The van der Waals surface area contributed by atoms with Crippen LogP contribution in [0.2, 0.25) is 5.02 Å². The molecule has 0 atom stereocenters. The maximum Gasteiger partial charge on any atom is 0.289 e. The summed E-state index contributed by atoms with van der Waals surface area (Å²) in [7, 11) is 1.68. The number of hydrogen-bond acceptors (Lipinski definition) is 5. The van der Waals surface area contributed by atoms with Crippen LogP contribution in [0.1, 0.15) is 0 Å². The average Bonchev–Trinajstić information content (AvgIpc) is 2.31. The van der Waals surface area contributed by atoms with Crippen molar-refractivity contribution in [3.63, 3.8) is 0 Å². The molecule has 7 nitrogen and oxygen atoms in total. The van der Waals surface area contributed by atoms with Crippen molar-refractivity contribution >= 4 is 28.9 Å². The number of rotatable bonds is 6. The minimum atomic E-state index is -0.615. The molecule has 104 valence electrons. The number of aliphatic hydroxyl groups is 1. The Balaban J connectivity index is 2.69. The summed E-state index contributed by atoms with van der Waals surface area (Å²) in [6.45, 7) is 0.404. The summed E-state index contributed by atoms with van der Waals surface area (Å²) in [6, 6.07) is 4.04. The number of aliphatic hydroxyl groups excluding tert-OH is 1. The molecule has 2 N–H and O–H groups in total. The number of amides is 1. The van der Waals surface area contributed by atoms with E-state index in [9.17, 15) is 14.9 Å². The highest BCUT2D eigenvalue weighted by atomic mass is 35.5. The predicted octanol–water partition coefficient (Wildman–Crippen LogP) is 1.11.